The van der Waals surface area contributed by atoms with Gasteiger partial charge in [-0.2, -0.15) is 4.98 Å². The number of aromatic nitrogens is 5. The Balaban J connectivity index is 1.17. The van der Waals surface area contributed by atoms with E-state index in [1.165, 1.54) is 18.8 Å². The second-order valence-corrected chi connectivity index (χ2v) is 11.1. The lowest BCUT2D eigenvalue weighted by Gasteiger charge is -2.22. The molecule has 0 radical (unpaired) electrons. The number of nitrogens with one attached hydrogen (secondary N) is 1. The quantitative estimate of drug-likeness (QED) is 0.346. The molecule has 0 bridgehead atoms. The first-order valence-electron chi connectivity index (χ1n) is 14.1. The van der Waals surface area contributed by atoms with Gasteiger partial charge in [0.1, 0.15) is 5.39 Å². The predicted octanol–water partition coefficient (Wildman–Crippen LogP) is 3.27. The van der Waals surface area contributed by atoms with Crippen molar-refractivity contribution < 1.29 is 5.11 Å². The van der Waals surface area contributed by atoms with Crippen LogP contribution in [0.5, 0.6) is 0 Å². The van der Waals surface area contributed by atoms with Crippen LogP contribution in [0.2, 0.25) is 0 Å². The maximum atomic E-state index is 13.3. The number of benzene rings is 1. The molecule has 3 aliphatic rings. The number of hydrogen-bond acceptors (Lipinski definition) is 8. The summed E-state index contributed by atoms with van der Waals surface area (Å²) in [6.45, 7) is 12.1. The fourth-order valence-corrected chi connectivity index (χ4v) is 6.59. The Morgan fingerprint density at radius 1 is 1.07 bits per heavy atom. The molecule has 1 aromatic carbocycles. The largest absolute Gasteiger partial charge is 0.387 e. The molecule has 3 atom stereocenters. The van der Waals surface area contributed by atoms with E-state index >= 15 is 0 Å². The summed E-state index contributed by atoms with van der Waals surface area (Å²) in [4.78, 5) is 32.2. The normalized spacial score (nSPS) is 22.1. The SMILES string of the molecule is C=CCn1c(=O)c2cnc(Nc3ccc(N4CC5CN(CC)CC5C4)cc3)nc2n1-c1ccc2c(n1)C(O)CC2. The van der Waals surface area contributed by atoms with Crippen molar-refractivity contribution in [2.24, 2.45) is 11.8 Å². The van der Waals surface area contributed by atoms with E-state index < -0.39 is 6.10 Å². The van der Waals surface area contributed by atoms with Gasteiger partial charge in [0.15, 0.2) is 11.5 Å². The molecule has 206 valence electrons. The lowest BCUT2D eigenvalue weighted by atomic mass is 10.0. The molecule has 0 amide bonds. The van der Waals surface area contributed by atoms with E-state index in [9.17, 15) is 9.90 Å². The molecule has 3 unspecified atom stereocenters. The summed E-state index contributed by atoms with van der Waals surface area (Å²) in [5.41, 5.74) is 4.04. The van der Waals surface area contributed by atoms with Crippen molar-refractivity contribution in [3.63, 3.8) is 0 Å². The number of hydrogen-bond donors (Lipinski definition) is 2. The summed E-state index contributed by atoms with van der Waals surface area (Å²) in [5, 5.41) is 14.1. The van der Waals surface area contributed by atoms with Crippen LogP contribution in [0.4, 0.5) is 17.3 Å². The lowest BCUT2D eigenvalue weighted by molar-refractivity contribution is 0.175. The molecule has 7 rings (SSSR count). The van der Waals surface area contributed by atoms with Gasteiger partial charge < -0.3 is 20.2 Å². The highest BCUT2D eigenvalue weighted by Gasteiger charge is 2.39. The molecule has 0 spiro atoms. The second-order valence-electron chi connectivity index (χ2n) is 11.1. The molecule has 4 aromatic rings. The van der Waals surface area contributed by atoms with Gasteiger partial charge in [0.25, 0.3) is 5.56 Å². The summed E-state index contributed by atoms with van der Waals surface area (Å²) in [6, 6.07) is 12.2. The number of aryl methyl sites for hydroxylation is 1. The zero-order chi connectivity index (χ0) is 27.4. The van der Waals surface area contributed by atoms with E-state index in [2.05, 4.69) is 57.9 Å². The van der Waals surface area contributed by atoms with Crippen molar-refractivity contribution in [2.75, 3.05) is 42.9 Å². The number of rotatable bonds is 7. The monoisotopic (exact) mass is 538 g/mol. The van der Waals surface area contributed by atoms with Crippen LogP contribution in [0.25, 0.3) is 16.9 Å². The lowest BCUT2D eigenvalue weighted by Crippen LogP contribution is -2.28. The fourth-order valence-electron chi connectivity index (χ4n) is 6.59. The molecular formula is C30H34N8O2. The summed E-state index contributed by atoms with van der Waals surface area (Å²) >= 11 is 0. The molecule has 0 saturated carbocycles. The first-order valence-corrected chi connectivity index (χ1v) is 14.1. The Bertz CT molecular complexity index is 1630. The summed E-state index contributed by atoms with van der Waals surface area (Å²) < 4.78 is 3.25. The molecule has 2 aliphatic heterocycles. The fraction of sp³-hybridized carbons (Fsp3) is 0.400. The van der Waals surface area contributed by atoms with Crippen LogP contribution in [0.15, 0.2) is 60.0 Å². The van der Waals surface area contributed by atoms with E-state index in [1.807, 2.05) is 12.1 Å². The van der Waals surface area contributed by atoms with Gasteiger partial charge in [-0.1, -0.05) is 19.1 Å². The molecule has 10 heteroatoms. The maximum absolute atomic E-state index is 13.3. The molecular weight excluding hydrogens is 504 g/mol. The number of aliphatic hydroxyl groups excluding tert-OH is 1. The van der Waals surface area contributed by atoms with Crippen LogP contribution in [0.3, 0.4) is 0 Å². The van der Waals surface area contributed by atoms with Crippen LogP contribution in [0, 0.1) is 11.8 Å². The number of allylic oxidation sites excluding steroid dienone is 1. The molecule has 5 heterocycles. The first-order chi connectivity index (χ1) is 19.5. The molecule has 2 saturated heterocycles. The highest BCUT2D eigenvalue weighted by molar-refractivity contribution is 5.77. The molecule has 10 nitrogen and oxygen atoms in total. The summed E-state index contributed by atoms with van der Waals surface area (Å²) in [6.07, 6.45) is 4.07. The average molecular weight is 539 g/mol. The third-order valence-electron chi connectivity index (χ3n) is 8.69. The van der Waals surface area contributed by atoms with Gasteiger partial charge >= 0.3 is 0 Å². The maximum Gasteiger partial charge on any atom is 0.278 e. The predicted molar refractivity (Wildman–Crippen MR) is 155 cm³/mol. The Morgan fingerprint density at radius 2 is 1.85 bits per heavy atom. The van der Waals surface area contributed by atoms with Gasteiger partial charge in [0.05, 0.1) is 18.3 Å². The number of anilines is 3. The molecule has 1 aliphatic carbocycles. The van der Waals surface area contributed by atoms with Gasteiger partial charge in [-0.15, -0.1) is 6.58 Å². The van der Waals surface area contributed by atoms with E-state index in [4.69, 9.17) is 9.97 Å². The standard InChI is InChI=1S/C30H34N8O2/c1-3-13-37-29(40)24-14-31-30(34-28(24)38(37)26-12-6-19-5-11-25(39)27(19)33-26)32-22-7-9-23(10-8-22)36-17-20-15-35(4-2)16-21(20)18-36/h3,6-10,12,14,20-21,25,39H,1,4-5,11,13,15-18H2,2H3,(H,31,32,34). The number of nitrogens with zero attached hydrogens (tertiary/aromatic N) is 7. The number of fused-ring (bicyclic) bond motifs is 3. The third kappa shape index (κ3) is 4.18. The summed E-state index contributed by atoms with van der Waals surface area (Å²) in [5.74, 6) is 2.43. The minimum Gasteiger partial charge on any atom is -0.387 e. The average Bonchev–Trinajstić information content (AvgIpc) is 3.71. The number of likely N-dealkylation sites (tertiary alicyclic amines) is 1. The molecule has 3 aromatic heterocycles. The zero-order valence-electron chi connectivity index (χ0n) is 22.7. The molecule has 40 heavy (non-hydrogen) atoms. The number of pyridine rings is 1. The first kappa shape index (κ1) is 25.0. The molecule has 2 N–H and O–H groups in total. The van der Waals surface area contributed by atoms with Gasteiger partial charge in [-0.3, -0.25) is 4.79 Å². The van der Waals surface area contributed by atoms with Crippen LogP contribution in [0.1, 0.15) is 30.7 Å². The Morgan fingerprint density at radius 3 is 2.58 bits per heavy atom. The van der Waals surface area contributed by atoms with Crippen LogP contribution in [-0.2, 0) is 13.0 Å². The topological polar surface area (TPSA) is 104 Å². The van der Waals surface area contributed by atoms with Crippen molar-refractivity contribution in [3.8, 4) is 5.82 Å². The Kier molecular flexibility index (Phi) is 6.16. The van der Waals surface area contributed by atoms with Crippen molar-refractivity contribution >= 4 is 28.4 Å². The minimum atomic E-state index is -0.600. The van der Waals surface area contributed by atoms with Crippen LogP contribution >= 0.6 is 0 Å². The van der Waals surface area contributed by atoms with E-state index in [1.54, 1.807) is 21.6 Å². The van der Waals surface area contributed by atoms with Crippen molar-refractivity contribution in [3.05, 3.63) is 76.9 Å². The van der Waals surface area contributed by atoms with E-state index in [0.717, 1.165) is 49.1 Å². The van der Waals surface area contributed by atoms with Crippen molar-refractivity contribution in [1.82, 2.24) is 29.2 Å². The summed E-state index contributed by atoms with van der Waals surface area (Å²) in [7, 11) is 0. The molecule has 2 fully saturated rings. The third-order valence-corrected chi connectivity index (χ3v) is 8.69. The van der Waals surface area contributed by atoms with Crippen molar-refractivity contribution in [1.29, 1.82) is 0 Å². The highest BCUT2D eigenvalue weighted by Crippen LogP contribution is 2.34. The Hall–Kier alpha value is -4.02. The van der Waals surface area contributed by atoms with Gasteiger partial charge in [-0.05, 0) is 67.1 Å². The number of aliphatic hydroxyl groups is 1. The highest BCUT2D eigenvalue weighted by atomic mass is 16.3. The van der Waals surface area contributed by atoms with Gasteiger partial charge in [0.2, 0.25) is 5.95 Å². The van der Waals surface area contributed by atoms with Gasteiger partial charge in [0, 0.05) is 43.8 Å². The smallest absolute Gasteiger partial charge is 0.278 e. The van der Waals surface area contributed by atoms with Crippen molar-refractivity contribution in [2.45, 2.75) is 32.4 Å². The van der Waals surface area contributed by atoms with Gasteiger partial charge in [-0.25, -0.2) is 19.3 Å². The zero-order valence-corrected chi connectivity index (χ0v) is 22.7. The van der Waals surface area contributed by atoms with E-state index in [0.29, 0.717) is 34.9 Å². The van der Waals surface area contributed by atoms with Crippen LogP contribution < -0.4 is 15.8 Å². The second kappa shape index (κ2) is 9.87. The minimum absolute atomic E-state index is 0.217. The van der Waals surface area contributed by atoms with E-state index in [-0.39, 0.29) is 12.1 Å². The Labute approximate surface area is 232 Å². The van der Waals surface area contributed by atoms with Crippen LogP contribution in [-0.4, -0.2) is 67.0 Å².